The standard InChI is InChI=1S/C37H39F2NO4/c1-25-20-28(15-17-33(25)38)29-21-30(32-16-18-34(39)26(2)36(32)44-24-35(41)42)23-31(22-29)37(43)40-19-11-6-4-3-5-8-12-27-13-9-7-10-14-27/h7,9-10,13-18,20-23H,3-6,8,11-12,19,24H2,1-2H3,(H,40,43)(H,41,42). The number of aryl methyl sites for hydroxylation is 2. The van der Waals surface area contributed by atoms with E-state index in [9.17, 15) is 18.4 Å². The third-order valence-electron chi connectivity index (χ3n) is 7.70. The van der Waals surface area contributed by atoms with Crippen molar-refractivity contribution in [3.05, 3.63) is 113 Å². The molecule has 1 amide bonds. The van der Waals surface area contributed by atoms with Crippen molar-refractivity contribution in [1.29, 1.82) is 0 Å². The molecule has 0 aliphatic heterocycles. The molecule has 2 N–H and O–H groups in total. The Balaban J connectivity index is 1.46. The Morgan fingerprint density at radius 2 is 1.43 bits per heavy atom. The van der Waals surface area contributed by atoms with E-state index >= 15 is 0 Å². The fraction of sp³-hybridized carbons (Fsp3) is 0.297. The SMILES string of the molecule is Cc1cc(-c2cc(C(=O)NCCCCCCCCc3ccccc3)cc(-c3ccc(F)c(C)c3OCC(=O)O)c2)ccc1F. The number of rotatable bonds is 15. The molecular formula is C37H39F2NO4. The first kappa shape index (κ1) is 32.4. The van der Waals surface area contributed by atoms with Gasteiger partial charge in [-0.3, -0.25) is 4.79 Å². The van der Waals surface area contributed by atoms with E-state index in [4.69, 9.17) is 9.84 Å². The van der Waals surface area contributed by atoms with E-state index < -0.39 is 18.4 Å². The molecule has 0 aromatic heterocycles. The van der Waals surface area contributed by atoms with Crippen molar-refractivity contribution in [2.75, 3.05) is 13.2 Å². The summed E-state index contributed by atoms with van der Waals surface area (Å²) in [6.45, 7) is 3.07. The van der Waals surface area contributed by atoms with Crippen molar-refractivity contribution in [3.8, 4) is 28.0 Å². The van der Waals surface area contributed by atoms with Crippen molar-refractivity contribution in [2.45, 2.75) is 58.8 Å². The van der Waals surface area contributed by atoms with E-state index in [1.165, 1.54) is 43.5 Å². The molecule has 0 radical (unpaired) electrons. The molecule has 0 aliphatic carbocycles. The first-order valence-electron chi connectivity index (χ1n) is 15.1. The summed E-state index contributed by atoms with van der Waals surface area (Å²) in [4.78, 5) is 24.5. The van der Waals surface area contributed by atoms with Crippen molar-refractivity contribution >= 4 is 11.9 Å². The second-order valence-corrected chi connectivity index (χ2v) is 11.1. The summed E-state index contributed by atoms with van der Waals surface area (Å²) >= 11 is 0. The summed E-state index contributed by atoms with van der Waals surface area (Å²) in [5, 5.41) is 12.2. The summed E-state index contributed by atoms with van der Waals surface area (Å²) < 4.78 is 34.0. The van der Waals surface area contributed by atoms with Gasteiger partial charge in [-0.25, -0.2) is 13.6 Å². The fourth-order valence-corrected chi connectivity index (χ4v) is 5.23. The summed E-state index contributed by atoms with van der Waals surface area (Å²) in [5.41, 5.74) is 4.75. The highest BCUT2D eigenvalue weighted by atomic mass is 19.1. The van der Waals surface area contributed by atoms with Crippen LogP contribution in [-0.4, -0.2) is 30.1 Å². The highest BCUT2D eigenvalue weighted by Crippen LogP contribution is 2.37. The zero-order chi connectivity index (χ0) is 31.5. The van der Waals surface area contributed by atoms with Crippen LogP contribution in [0, 0.1) is 25.5 Å². The van der Waals surface area contributed by atoms with Crippen molar-refractivity contribution in [2.24, 2.45) is 0 Å². The minimum Gasteiger partial charge on any atom is -0.481 e. The van der Waals surface area contributed by atoms with Gasteiger partial charge in [0.15, 0.2) is 6.61 Å². The average molecular weight is 600 g/mol. The number of carbonyl (C=O) groups excluding carboxylic acids is 1. The van der Waals surface area contributed by atoms with Gasteiger partial charge in [0, 0.05) is 23.2 Å². The molecule has 0 heterocycles. The van der Waals surface area contributed by atoms with Gasteiger partial charge in [-0.2, -0.15) is 0 Å². The van der Waals surface area contributed by atoms with Gasteiger partial charge in [-0.05, 0) is 103 Å². The highest BCUT2D eigenvalue weighted by molar-refractivity contribution is 5.97. The Hall–Kier alpha value is -4.52. The van der Waals surface area contributed by atoms with E-state index in [1.54, 1.807) is 31.2 Å². The van der Waals surface area contributed by atoms with E-state index in [2.05, 4.69) is 29.6 Å². The lowest BCUT2D eigenvalue weighted by molar-refractivity contribution is -0.139. The summed E-state index contributed by atoms with van der Waals surface area (Å²) in [5.74, 6) is -2.23. The Morgan fingerprint density at radius 1 is 0.750 bits per heavy atom. The molecule has 230 valence electrons. The van der Waals surface area contributed by atoms with E-state index in [1.807, 2.05) is 12.1 Å². The van der Waals surface area contributed by atoms with E-state index in [0.717, 1.165) is 32.1 Å². The first-order chi connectivity index (χ1) is 21.2. The van der Waals surface area contributed by atoms with Crippen LogP contribution in [0.3, 0.4) is 0 Å². The molecular weight excluding hydrogens is 560 g/mol. The second kappa shape index (κ2) is 15.8. The third kappa shape index (κ3) is 8.99. The van der Waals surface area contributed by atoms with Gasteiger partial charge < -0.3 is 15.2 Å². The number of carbonyl (C=O) groups is 2. The molecule has 0 aliphatic rings. The zero-order valence-corrected chi connectivity index (χ0v) is 25.3. The lowest BCUT2D eigenvalue weighted by Gasteiger charge is -2.16. The number of benzene rings is 4. The molecule has 4 rings (SSSR count). The maximum Gasteiger partial charge on any atom is 0.341 e. The summed E-state index contributed by atoms with van der Waals surface area (Å²) in [7, 11) is 0. The van der Waals surface area contributed by atoms with E-state index in [0.29, 0.717) is 39.9 Å². The van der Waals surface area contributed by atoms with Gasteiger partial charge in [-0.1, -0.05) is 62.1 Å². The van der Waals surface area contributed by atoms with Crippen molar-refractivity contribution in [1.82, 2.24) is 5.32 Å². The molecule has 0 saturated heterocycles. The number of unbranched alkanes of at least 4 members (excludes halogenated alkanes) is 5. The second-order valence-electron chi connectivity index (χ2n) is 11.1. The van der Waals surface area contributed by atoms with Gasteiger partial charge in [0.25, 0.3) is 5.91 Å². The topological polar surface area (TPSA) is 75.6 Å². The molecule has 0 atom stereocenters. The molecule has 7 heteroatoms. The van der Waals surface area contributed by atoms with Crippen LogP contribution in [-0.2, 0) is 11.2 Å². The normalized spacial score (nSPS) is 10.9. The number of halogens is 2. The minimum absolute atomic E-state index is 0.0926. The predicted molar refractivity (Wildman–Crippen MR) is 170 cm³/mol. The van der Waals surface area contributed by atoms with Gasteiger partial charge in [0.05, 0.1) is 0 Å². The van der Waals surface area contributed by atoms with Crippen LogP contribution in [0.1, 0.15) is 65.6 Å². The molecule has 5 nitrogen and oxygen atoms in total. The number of ether oxygens (including phenoxy) is 1. The number of nitrogens with one attached hydrogen (secondary N) is 1. The van der Waals surface area contributed by atoms with Gasteiger partial charge >= 0.3 is 5.97 Å². The van der Waals surface area contributed by atoms with Crippen LogP contribution >= 0.6 is 0 Å². The largest absolute Gasteiger partial charge is 0.481 e. The number of hydrogen-bond donors (Lipinski definition) is 2. The summed E-state index contributed by atoms with van der Waals surface area (Å²) in [6, 6.07) is 23.2. The number of carboxylic acid groups (broad SMARTS) is 1. The average Bonchev–Trinajstić information content (AvgIpc) is 3.02. The Bertz CT molecular complexity index is 1590. The molecule has 0 bridgehead atoms. The summed E-state index contributed by atoms with van der Waals surface area (Å²) in [6.07, 6.45) is 7.59. The van der Waals surface area contributed by atoms with E-state index in [-0.39, 0.29) is 23.0 Å². The van der Waals surface area contributed by atoms with Crippen molar-refractivity contribution in [3.63, 3.8) is 0 Å². The first-order valence-corrected chi connectivity index (χ1v) is 15.1. The number of hydrogen-bond acceptors (Lipinski definition) is 3. The quantitative estimate of drug-likeness (QED) is 0.134. The van der Waals surface area contributed by atoms with Crippen LogP contribution in [0.15, 0.2) is 78.9 Å². The molecule has 0 unspecified atom stereocenters. The highest BCUT2D eigenvalue weighted by Gasteiger charge is 2.18. The molecule has 4 aromatic rings. The molecule has 0 fully saturated rings. The Morgan fingerprint density at radius 3 is 2.16 bits per heavy atom. The van der Waals surface area contributed by atoms with Crippen LogP contribution in [0.5, 0.6) is 5.75 Å². The molecule has 44 heavy (non-hydrogen) atoms. The number of amides is 1. The van der Waals surface area contributed by atoms with Gasteiger partial charge in [0.1, 0.15) is 17.4 Å². The Kier molecular flexibility index (Phi) is 11.6. The lowest BCUT2D eigenvalue weighted by Crippen LogP contribution is -2.24. The van der Waals surface area contributed by atoms with Crippen LogP contribution in [0.4, 0.5) is 8.78 Å². The smallest absolute Gasteiger partial charge is 0.341 e. The fourth-order valence-electron chi connectivity index (χ4n) is 5.23. The Labute approximate surface area is 257 Å². The molecule has 0 spiro atoms. The number of aliphatic carboxylic acids is 1. The van der Waals surface area contributed by atoms with Crippen LogP contribution in [0.25, 0.3) is 22.3 Å². The maximum absolute atomic E-state index is 14.5. The predicted octanol–water partition coefficient (Wildman–Crippen LogP) is 8.69. The van der Waals surface area contributed by atoms with Gasteiger partial charge in [-0.15, -0.1) is 0 Å². The molecule has 0 saturated carbocycles. The minimum atomic E-state index is -1.19. The van der Waals surface area contributed by atoms with Crippen LogP contribution in [0.2, 0.25) is 0 Å². The monoisotopic (exact) mass is 599 g/mol. The van der Waals surface area contributed by atoms with Gasteiger partial charge in [0.2, 0.25) is 0 Å². The number of carboxylic acids is 1. The third-order valence-corrected chi connectivity index (χ3v) is 7.70. The zero-order valence-electron chi connectivity index (χ0n) is 25.3. The van der Waals surface area contributed by atoms with Crippen molar-refractivity contribution < 1.29 is 28.2 Å². The lowest BCUT2D eigenvalue weighted by atomic mass is 9.93. The molecule has 4 aromatic carbocycles. The maximum atomic E-state index is 14.5. The van der Waals surface area contributed by atoms with Crippen LogP contribution < -0.4 is 10.1 Å².